The van der Waals surface area contributed by atoms with Crippen molar-refractivity contribution in [3.05, 3.63) is 65.2 Å². The number of rotatable bonds is 8. The molecular weight excluding hydrogens is 376 g/mol. The molecule has 0 radical (unpaired) electrons. The molecule has 0 spiro atoms. The molecule has 30 heavy (non-hydrogen) atoms. The van der Waals surface area contributed by atoms with Crippen LogP contribution in [0.5, 0.6) is 5.75 Å². The van der Waals surface area contributed by atoms with Crippen LogP contribution in [0.4, 0.5) is 0 Å². The fraction of sp³-hybridized carbons (Fsp3) is 0.440. The maximum absolute atomic E-state index is 13.2. The van der Waals surface area contributed by atoms with E-state index in [2.05, 4.69) is 5.32 Å². The molecule has 2 amide bonds. The smallest absolute Gasteiger partial charge is 0.261 e. The van der Waals surface area contributed by atoms with Crippen molar-refractivity contribution in [3.63, 3.8) is 0 Å². The lowest BCUT2D eigenvalue weighted by Gasteiger charge is -2.33. The van der Waals surface area contributed by atoms with Crippen molar-refractivity contribution >= 4 is 11.8 Å². The molecular formula is C25H34N2O3. The number of ether oxygens (including phenoxy) is 1. The van der Waals surface area contributed by atoms with E-state index in [9.17, 15) is 9.59 Å². The molecule has 0 aliphatic heterocycles. The summed E-state index contributed by atoms with van der Waals surface area (Å²) in [5.74, 6) is 0.326. The molecule has 0 fully saturated rings. The second-order valence-electron chi connectivity index (χ2n) is 8.66. The van der Waals surface area contributed by atoms with Crippen molar-refractivity contribution in [2.75, 3.05) is 6.61 Å². The number of nitrogens with zero attached hydrogens (tertiary/aromatic N) is 1. The van der Waals surface area contributed by atoms with E-state index in [0.717, 1.165) is 16.7 Å². The molecule has 2 rings (SSSR count). The van der Waals surface area contributed by atoms with Gasteiger partial charge in [-0.3, -0.25) is 9.59 Å². The zero-order chi connectivity index (χ0) is 22.3. The third kappa shape index (κ3) is 6.61. The lowest BCUT2D eigenvalue weighted by Crippen LogP contribution is -2.54. The van der Waals surface area contributed by atoms with Gasteiger partial charge < -0.3 is 15.0 Å². The summed E-state index contributed by atoms with van der Waals surface area (Å²) < 4.78 is 5.85. The van der Waals surface area contributed by atoms with Crippen LogP contribution >= 0.6 is 0 Å². The van der Waals surface area contributed by atoms with Crippen LogP contribution in [-0.2, 0) is 16.1 Å². The van der Waals surface area contributed by atoms with E-state index in [1.165, 1.54) is 0 Å². The Kier molecular flexibility index (Phi) is 8.04. The molecule has 0 bridgehead atoms. The molecule has 5 nitrogen and oxygen atoms in total. The molecule has 162 valence electrons. The van der Waals surface area contributed by atoms with Crippen molar-refractivity contribution in [1.29, 1.82) is 0 Å². The average Bonchev–Trinajstić information content (AvgIpc) is 2.68. The van der Waals surface area contributed by atoms with Gasteiger partial charge in [-0.05, 0) is 63.8 Å². The molecule has 2 aromatic rings. The highest BCUT2D eigenvalue weighted by Gasteiger charge is 2.30. The minimum absolute atomic E-state index is 0.115. The van der Waals surface area contributed by atoms with Crippen LogP contribution in [0.15, 0.2) is 48.5 Å². The Labute approximate surface area is 180 Å². The van der Waals surface area contributed by atoms with Gasteiger partial charge in [-0.2, -0.15) is 0 Å². The van der Waals surface area contributed by atoms with E-state index in [1.54, 1.807) is 4.90 Å². The Morgan fingerprint density at radius 2 is 1.70 bits per heavy atom. The lowest BCUT2D eigenvalue weighted by molar-refractivity contribution is -0.143. The van der Waals surface area contributed by atoms with Crippen LogP contribution in [0, 0.1) is 13.8 Å². The first-order valence-electron chi connectivity index (χ1n) is 10.5. The van der Waals surface area contributed by atoms with Crippen LogP contribution in [-0.4, -0.2) is 34.9 Å². The Bertz CT molecular complexity index is 856. The molecule has 0 aliphatic carbocycles. The van der Waals surface area contributed by atoms with Gasteiger partial charge in [0.25, 0.3) is 5.91 Å². The molecule has 0 saturated carbocycles. The number of nitrogens with one attached hydrogen (secondary N) is 1. The van der Waals surface area contributed by atoms with Gasteiger partial charge in [0.1, 0.15) is 11.8 Å². The molecule has 2 aromatic carbocycles. The molecule has 1 atom stereocenters. The molecule has 0 saturated heterocycles. The molecule has 0 aliphatic rings. The Balaban J connectivity index is 2.23. The quantitative estimate of drug-likeness (QED) is 0.701. The zero-order valence-electron chi connectivity index (χ0n) is 19.0. The van der Waals surface area contributed by atoms with Gasteiger partial charge in [-0.25, -0.2) is 0 Å². The minimum Gasteiger partial charge on any atom is -0.483 e. The number of benzene rings is 2. The number of hydrogen-bond donors (Lipinski definition) is 1. The molecule has 5 heteroatoms. The Morgan fingerprint density at radius 3 is 2.30 bits per heavy atom. The SMILES string of the molecule is CC[C@H](C(=O)NC(C)(C)C)N(Cc1ccccc1)C(=O)COc1cccc(C)c1C. The van der Waals surface area contributed by atoms with E-state index in [0.29, 0.717) is 18.7 Å². The highest BCUT2D eigenvalue weighted by atomic mass is 16.5. The first kappa shape index (κ1) is 23.5. The highest BCUT2D eigenvalue weighted by Crippen LogP contribution is 2.21. The highest BCUT2D eigenvalue weighted by molar-refractivity contribution is 5.88. The number of carbonyl (C=O) groups is 2. The zero-order valence-corrected chi connectivity index (χ0v) is 19.0. The number of aryl methyl sites for hydroxylation is 1. The van der Waals surface area contributed by atoms with E-state index < -0.39 is 6.04 Å². The third-order valence-electron chi connectivity index (χ3n) is 4.99. The summed E-state index contributed by atoms with van der Waals surface area (Å²) in [6.45, 7) is 11.9. The van der Waals surface area contributed by atoms with E-state index >= 15 is 0 Å². The van der Waals surface area contributed by atoms with E-state index in [1.807, 2.05) is 90.1 Å². The fourth-order valence-electron chi connectivity index (χ4n) is 3.26. The third-order valence-corrected chi connectivity index (χ3v) is 4.99. The lowest BCUT2D eigenvalue weighted by atomic mass is 10.1. The van der Waals surface area contributed by atoms with Crippen LogP contribution in [0.25, 0.3) is 0 Å². The normalized spacial score (nSPS) is 12.2. The first-order valence-corrected chi connectivity index (χ1v) is 10.5. The molecule has 0 unspecified atom stereocenters. The number of amides is 2. The maximum atomic E-state index is 13.2. The topological polar surface area (TPSA) is 58.6 Å². The van der Waals surface area contributed by atoms with Crippen molar-refractivity contribution in [2.45, 2.75) is 66.1 Å². The van der Waals surface area contributed by atoms with Crippen molar-refractivity contribution in [2.24, 2.45) is 0 Å². The summed E-state index contributed by atoms with van der Waals surface area (Å²) in [6, 6.07) is 14.9. The number of carbonyl (C=O) groups excluding carboxylic acids is 2. The van der Waals surface area contributed by atoms with Gasteiger partial charge in [0.15, 0.2) is 6.61 Å². The largest absolute Gasteiger partial charge is 0.483 e. The fourth-order valence-corrected chi connectivity index (χ4v) is 3.26. The van der Waals surface area contributed by atoms with E-state index in [4.69, 9.17) is 4.74 Å². The van der Waals surface area contributed by atoms with E-state index in [-0.39, 0.29) is 24.0 Å². The van der Waals surface area contributed by atoms with Crippen molar-refractivity contribution in [3.8, 4) is 5.75 Å². The summed E-state index contributed by atoms with van der Waals surface area (Å²) >= 11 is 0. The summed E-state index contributed by atoms with van der Waals surface area (Å²) in [5.41, 5.74) is 2.72. The predicted octanol–water partition coefficient (Wildman–Crippen LogP) is 4.40. The van der Waals surface area contributed by atoms with Crippen molar-refractivity contribution in [1.82, 2.24) is 10.2 Å². The minimum atomic E-state index is -0.570. The monoisotopic (exact) mass is 410 g/mol. The van der Waals surface area contributed by atoms with Gasteiger partial charge in [0.2, 0.25) is 5.91 Å². The average molecular weight is 411 g/mol. The van der Waals surface area contributed by atoms with Gasteiger partial charge in [0.05, 0.1) is 0 Å². The van der Waals surface area contributed by atoms with Gasteiger partial charge in [0, 0.05) is 12.1 Å². The van der Waals surface area contributed by atoms with Crippen molar-refractivity contribution < 1.29 is 14.3 Å². The number of hydrogen-bond acceptors (Lipinski definition) is 3. The van der Waals surface area contributed by atoms with Gasteiger partial charge in [-0.15, -0.1) is 0 Å². The molecule has 1 N–H and O–H groups in total. The van der Waals surface area contributed by atoms with Crippen LogP contribution in [0.3, 0.4) is 0 Å². The van der Waals surface area contributed by atoms with Crippen LogP contribution in [0.1, 0.15) is 50.8 Å². The molecule has 0 aromatic heterocycles. The van der Waals surface area contributed by atoms with Gasteiger partial charge in [-0.1, -0.05) is 49.4 Å². The Morgan fingerprint density at radius 1 is 1.03 bits per heavy atom. The predicted molar refractivity (Wildman–Crippen MR) is 120 cm³/mol. The molecule has 0 heterocycles. The summed E-state index contributed by atoms with van der Waals surface area (Å²) in [6.07, 6.45) is 0.518. The Hall–Kier alpha value is -2.82. The van der Waals surface area contributed by atoms with Crippen LogP contribution < -0.4 is 10.1 Å². The van der Waals surface area contributed by atoms with Crippen LogP contribution in [0.2, 0.25) is 0 Å². The second-order valence-corrected chi connectivity index (χ2v) is 8.66. The summed E-state index contributed by atoms with van der Waals surface area (Å²) in [7, 11) is 0. The standard InChI is InChI=1S/C25H34N2O3/c1-7-21(24(29)26-25(4,5)6)27(16-20-13-9-8-10-14-20)23(28)17-30-22-15-11-12-18(2)19(22)3/h8-15,21H,7,16-17H2,1-6H3,(H,26,29)/t21-/m1/s1. The van der Waals surface area contributed by atoms with Gasteiger partial charge >= 0.3 is 0 Å². The summed E-state index contributed by atoms with van der Waals surface area (Å²) in [5, 5.41) is 3.01. The maximum Gasteiger partial charge on any atom is 0.261 e. The second kappa shape index (κ2) is 10.3. The first-order chi connectivity index (χ1) is 14.1. The summed E-state index contributed by atoms with van der Waals surface area (Å²) in [4.78, 5) is 27.8.